The van der Waals surface area contributed by atoms with E-state index in [1.165, 1.54) is 0 Å². The van der Waals surface area contributed by atoms with Crippen molar-refractivity contribution < 1.29 is 4.84 Å². The van der Waals surface area contributed by atoms with Gasteiger partial charge in [0, 0.05) is 6.42 Å². The second-order valence-electron chi connectivity index (χ2n) is 2.58. The van der Waals surface area contributed by atoms with Gasteiger partial charge < -0.3 is 4.84 Å². The van der Waals surface area contributed by atoms with Gasteiger partial charge in [0.25, 0.3) is 0 Å². The van der Waals surface area contributed by atoms with Gasteiger partial charge in [-0.15, -0.1) is 4.91 Å². The molecular weight excluding hydrogens is 142 g/mol. The Kier molecular flexibility index (Phi) is 2.41. The molecule has 11 heavy (non-hydrogen) atoms. The van der Waals surface area contributed by atoms with Crippen LogP contribution in [0, 0.1) is 4.91 Å². The molecule has 0 fully saturated rings. The van der Waals surface area contributed by atoms with Gasteiger partial charge in [-0.1, -0.05) is 25.2 Å². The van der Waals surface area contributed by atoms with E-state index in [0.717, 1.165) is 12.8 Å². The molecule has 0 aromatic rings. The molecular formula is C8H11NO2. The smallest absolute Gasteiger partial charge is 0.162 e. The van der Waals surface area contributed by atoms with Gasteiger partial charge in [-0.3, -0.25) is 0 Å². The van der Waals surface area contributed by atoms with Crippen LogP contribution in [-0.4, -0.2) is 5.60 Å². The van der Waals surface area contributed by atoms with E-state index in [2.05, 4.69) is 5.34 Å². The maximum Gasteiger partial charge on any atom is 0.162 e. The Labute approximate surface area is 65.7 Å². The van der Waals surface area contributed by atoms with E-state index in [4.69, 9.17) is 4.84 Å². The van der Waals surface area contributed by atoms with Crippen LogP contribution >= 0.6 is 0 Å². The molecule has 0 bridgehead atoms. The zero-order chi connectivity index (χ0) is 8.16. The molecule has 1 rings (SSSR count). The van der Waals surface area contributed by atoms with Crippen molar-refractivity contribution in [1.29, 1.82) is 0 Å². The molecule has 1 unspecified atom stereocenters. The monoisotopic (exact) mass is 153 g/mol. The number of rotatable bonds is 3. The van der Waals surface area contributed by atoms with E-state index in [1.807, 2.05) is 31.2 Å². The second kappa shape index (κ2) is 3.32. The first-order valence-electron chi connectivity index (χ1n) is 3.68. The van der Waals surface area contributed by atoms with Crippen molar-refractivity contribution in [3.8, 4) is 0 Å². The molecule has 0 saturated carbocycles. The van der Waals surface area contributed by atoms with Crippen LogP contribution in [0.15, 0.2) is 29.6 Å². The Balaban J connectivity index is 2.67. The van der Waals surface area contributed by atoms with E-state index < -0.39 is 5.60 Å². The van der Waals surface area contributed by atoms with Crippen molar-refractivity contribution >= 4 is 0 Å². The summed E-state index contributed by atoms with van der Waals surface area (Å²) in [6.45, 7) is 1.97. The predicted octanol–water partition coefficient (Wildman–Crippen LogP) is 2.35. The average Bonchev–Trinajstić information content (AvgIpc) is 2.07. The maximum atomic E-state index is 9.91. The van der Waals surface area contributed by atoms with Crippen LogP contribution in [0.4, 0.5) is 0 Å². The van der Waals surface area contributed by atoms with Crippen molar-refractivity contribution in [2.75, 3.05) is 0 Å². The zero-order valence-electron chi connectivity index (χ0n) is 6.49. The second-order valence-corrected chi connectivity index (χ2v) is 2.58. The Hall–Kier alpha value is -1.12. The lowest BCUT2D eigenvalue weighted by Gasteiger charge is -2.24. The number of allylic oxidation sites excluding steroid dienone is 2. The summed E-state index contributed by atoms with van der Waals surface area (Å²) in [5.41, 5.74) is -0.476. The lowest BCUT2D eigenvalue weighted by Crippen LogP contribution is -2.27. The standard InChI is InChI=1S/C8H11NO2/c1-2-8(11-9-10)6-4-3-5-7-8/h3-6H,2,7H2,1H3. The molecule has 0 radical (unpaired) electrons. The van der Waals surface area contributed by atoms with Crippen LogP contribution in [0.2, 0.25) is 0 Å². The lowest BCUT2D eigenvalue weighted by atomic mass is 9.93. The van der Waals surface area contributed by atoms with Crippen molar-refractivity contribution in [2.45, 2.75) is 25.4 Å². The molecule has 0 heterocycles. The van der Waals surface area contributed by atoms with Gasteiger partial charge in [-0.2, -0.15) is 0 Å². The Morgan fingerprint density at radius 2 is 2.45 bits per heavy atom. The number of hydrogen-bond donors (Lipinski definition) is 0. The topological polar surface area (TPSA) is 38.7 Å². The Morgan fingerprint density at radius 3 is 2.91 bits per heavy atom. The fourth-order valence-corrected chi connectivity index (χ4v) is 1.11. The van der Waals surface area contributed by atoms with Crippen molar-refractivity contribution in [3.05, 3.63) is 29.2 Å². The van der Waals surface area contributed by atoms with Gasteiger partial charge >= 0.3 is 0 Å². The molecule has 3 nitrogen and oxygen atoms in total. The molecule has 1 aliphatic carbocycles. The van der Waals surface area contributed by atoms with Crippen LogP contribution in [0.25, 0.3) is 0 Å². The number of nitrogens with zero attached hydrogens (tertiary/aromatic N) is 1. The summed E-state index contributed by atoms with van der Waals surface area (Å²) in [7, 11) is 0. The van der Waals surface area contributed by atoms with Crippen LogP contribution in [0.3, 0.4) is 0 Å². The third-order valence-electron chi connectivity index (χ3n) is 1.93. The molecule has 0 saturated heterocycles. The largest absolute Gasteiger partial charge is 0.353 e. The zero-order valence-corrected chi connectivity index (χ0v) is 6.49. The fourth-order valence-electron chi connectivity index (χ4n) is 1.11. The molecule has 3 heteroatoms. The van der Waals surface area contributed by atoms with Gasteiger partial charge in [0.15, 0.2) is 10.9 Å². The molecule has 0 aromatic heterocycles. The maximum absolute atomic E-state index is 9.91. The molecule has 0 N–H and O–H groups in total. The average molecular weight is 153 g/mol. The minimum Gasteiger partial charge on any atom is -0.353 e. The summed E-state index contributed by atoms with van der Waals surface area (Å²) in [5.74, 6) is 0. The lowest BCUT2D eigenvalue weighted by molar-refractivity contribution is -0.00955. The third kappa shape index (κ3) is 1.67. The quantitative estimate of drug-likeness (QED) is 0.461. The third-order valence-corrected chi connectivity index (χ3v) is 1.93. The minimum atomic E-state index is -0.476. The highest BCUT2D eigenvalue weighted by Gasteiger charge is 2.27. The van der Waals surface area contributed by atoms with Gasteiger partial charge in [0.05, 0.1) is 0 Å². The van der Waals surface area contributed by atoms with E-state index in [-0.39, 0.29) is 0 Å². The molecule has 1 atom stereocenters. The van der Waals surface area contributed by atoms with E-state index in [0.29, 0.717) is 0 Å². The van der Waals surface area contributed by atoms with E-state index in [9.17, 15) is 4.91 Å². The summed E-state index contributed by atoms with van der Waals surface area (Å²) < 4.78 is 0. The van der Waals surface area contributed by atoms with Gasteiger partial charge in [0.1, 0.15) is 0 Å². The molecule has 0 amide bonds. The van der Waals surface area contributed by atoms with E-state index >= 15 is 0 Å². The molecule has 60 valence electrons. The number of hydrogen-bond acceptors (Lipinski definition) is 3. The van der Waals surface area contributed by atoms with Gasteiger partial charge in [-0.25, -0.2) is 0 Å². The fraction of sp³-hybridized carbons (Fsp3) is 0.500. The van der Waals surface area contributed by atoms with E-state index in [1.54, 1.807) is 0 Å². The van der Waals surface area contributed by atoms with Crippen LogP contribution in [0.1, 0.15) is 19.8 Å². The van der Waals surface area contributed by atoms with Crippen molar-refractivity contribution in [3.63, 3.8) is 0 Å². The van der Waals surface area contributed by atoms with Crippen LogP contribution < -0.4 is 0 Å². The first-order chi connectivity index (χ1) is 5.33. The highest BCUT2D eigenvalue weighted by Crippen LogP contribution is 2.25. The highest BCUT2D eigenvalue weighted by atomic mass is 16.7. The summed E-state index contributed by atoms with van der Waals surface area (Å²) in [6.07, 6.45) is 9.13. The molecule has 0 spiro atoms. The summed E-state index contributed by atoms with van der Waals surface area (Å²) in [6, 6.07) is 0. The van der Waals surface area contributed by atoms with Crippen molar-refractivity contribution in [2.24, 2.45) is 5.34 Å². The predicted molar refractivity (Wildman–Crippen MR) is 42.8 cm³/mol. The first kappa shape index (κ1) is 7.98. The Bertz CT molecular complexity index is 194. The first-order valence-corrected chi connectivity index (χ1v) is 3.68. The molecule has 0 aromatic carbocycles. The SMILES string of the molecule is CCC1(ON=O)C=CC=CC1. The van der Waals surface area contributed by atoms with Crippen LogP contribution in [-0.2, 0) is 4.84 Å². The summed E-state index contributed by atoms with van der Waals surface area (Å²) in [4.78, 5) is 14.7. The minimum absolute atomic E-state index is 0.476. The summed E-state index contributed by atoms with van der Waals surface area (Å²) >= 11 is 0. The Morgan fingerprint density at radius 1 is 1.64 bits per heavy atom. The van der Waals surface area contributed by atoms with Crippen LogP contribution in [0.5, 0.6) is 0 Å². The van der Waals surface area contributed by atoms with Gasteiger partial charge in [0.2, 0.25) is 0 Å². The highest BCUT2D eigenvalue weighted by molar-refractivity contribution is 5.18. The summed E-state index contributed by atoms with van der Waals surface area (Å²) in [5, 5.41) is 2.47. The molecule has 0 aliphatic heterocycles. The molecule has 1 aliphatic rings. The normalized spacial score (nSPS) is 28.5. The van der Waals surface area contributed by atoms with Gasteiger partial charge in [-0.05, 0) is 12.5 Å². The van der Waals surface area contributed by atoms with Crippen molar-refractivity contribution in [1.82, 2.24) is 0 Å².